The van der Waals surface area contributed by atoms with Gasteiger partial charge in [-0.25, -0.2) is 0 Å². The number of esters is 1. The van der Waals surface area contributed by atoms with Gasteiger partial charge in [-0.3, -0.25) is 9.59 Å². The SMILES string of the molecule is CCCCCCCCCCCCCCCCCCCCCC(=O)OCCCCCCCCC/C=C\CCCCCCCC(=O)NC(CO)C(O)CCCCCCCCCCCCCCCC. The number of rotatable bonds is 56. The molecule has 0 aliphatic carbocycles. The summed E-state index contributed by atoms with van der Waals surface area (Å²) in [6, 6.07) is -0.552. The lowest BCUT2D eigenvalue weighted by molar-refractivity contribution is -0.143. The van der Waals surface area contributed by atoms with Crippen LogP contribution >= 0.6 is 0 Å². The van der Waals surface area contributed by atoms with E-state index in [1.54, 1.807) is 0 Å². The van der Waals surface area contributed by atoms with E-state index in [4.69, 9.17) is 4.74 Å². The Hall–Kier alpha value is -1.40. The van der Waals surface area contributed by atoms with E-state index in [2.05, 4.69) is 31.3 Å². The highest BCUT2D eigenvalue weighted by molar-refractivity contribution is 5.76. The molecule has 0 rings (SSSR count). The molecule has 0 aliphatic heterocycles. The van der Waals surface area contributed by atoms with E-state index < -0.39 is 12.1 Å². The molecule has 6 heteroatoms. The number of nitrogens with one attached hydrogen (secondary N) is 1. The van der Waals surface area contributed by atoms with Gasteiger partial charge in [0.05, 0.1) is 25.4 Å². The van der Waals surface area contributed by atoms with E-state index in [1.165, 1.54) is 238 Å². The van der Waals surface area contributed by atoms with Crippen LogP contribution in [0.1, 0.15) is 335 Å². The number of amides is 1. The highest BCUT2D eigenvalue weighted by Gasteiger charge is 2.20. The molecule has 66 heavy (non-hydrogen) atoms. The number of aliphatic hydroxyl groups excluding tert-OH is 2. The number of carbonyl (C=O) groups excluding carboxylic acids is 2. The average molecular weight is 933 g/mol. The zero-order chi connectivity index (χ0) is 47.9. The second-order valence-corrected chi connectivity index (χ2v) is 20.7. The van der Waals surface area contributed by atoms with Crippen LogP contribution in [0.25, 0.3) is 0 Å². The Morgan fingerprint density at radius 1 is 0.409 bits per heavy atom. The molecular weight excluding hydrogens is 815 g/mol. The van der Waals surface area contributed by atoms with Crippen LogP contribution in [0.2, 0.25) is 0 Å². The first-order chi connectivity index (χ1) is 32.5. The van der Waals surface area contributed by atoms with E-state index in [1.807, 2.05) is 0 Å². The number of carbonyl (C=O) groups is 2. The lowest BCUT2D eigenvalue weighted by Crippen LogP contribution is -2.45. The first-order valence-corrected chi connectivity index (χ1v) is 29.9. The second kappa shape index (κ2) is 56.2. The van der Waals surface area contributed by atoms with Gasteiger partial charge in [0.2, 0.25) is 5.91 Å². The fraction of sp³-hybridized carbons (Fsp3) is 0.933. The minimum atomic E-state index is -0.673. The van der Waals surface area contributed by atoms with Crippen LogP contribution < -0.4 is 5.32 Å². The molecule has 0 heterocycles. The van der Waals surface area contributed by atoms with Crippen molar-refractivity contribution in [2.45, 2.75) is 347 Å². The zero-order valence-electron chi connectivity index (χ0n) is 44.7. The predicted octanol–water partition coefficient (Wildman–Crippen LogP) is 18.5. The summed E-state index contributed by atoms with van der Waals surface area (Å²) >= 11 is 0. The molecule has 1 amide bonds. The molecule has 0 aromatic rings. The van der Waals surface area contributed by atoms with Crippen molar-refractivity contribution in [2.24, 2.45) is 0 Å². The minimum absolute atomic E-state index is 0.00258. The van der Waals surface area contributed by atoms with Crippen molar-refractivity contribution in [3.63, 3.8) is 0 Å². The molecule has 0 spiro atoms. The number of unbranched alkanes of at least 4 members (excludes halogenated alkanes) is 43. The van der Waals surface area contributed by atoms with Gasteiger partial charge in [-0.15, -0.1) is 0 Å². The lowest BCUT2D eigenvalue weighted by Gasteiger charge is -2.22. The van der Waals surface area contributed by atoms with Crippen molar-refractivity contribution in [3.05, 3.63) is 12.2 Å². The Bertz CT molecular complexity index is 986. The fourth-order valence-corrected chi connectivity index (χ4v) is 9.46. The summed E-state index contributed by atoms with van der Waals surface area (Å²) in [5.41, 5.74) is 0. The Kier molecular flexibility index (Phi) is 55.0. The number of allylic oxidation sites excluding steroid dienone is 2. The van der Waals surface area contributed by atoms with E-state index in [9.17, 15) is 19.8 Å². The molecule has 2 atom stereocenters. The quantitative estimate of drug-likeness (QED) is 0.0321. The summed E-state index contributed by atoms with van der Waals surface area (Å²) in [4.78, 5) is 24.6. The summed E-state index contributed by atoms with van der Waals surface area (Å²) in [6.07, 6.45) is 66.4. The maximum Gasteiger partial charge on any atom is 0.305 e. The van der Waals surface area contributed by atoms with Crippen LogP contribution in [-0.4, -0.2) is 47.4 Å². The van der Waals surface area contributed by atoms with Gasteiger partial charge in [-0.05, 0) is 51.4 Å². The van der Waals surface area contributed by atoms with Crippen LogP contribution in [0.15, 0.2) is 12.2 Å². The topological polar surface area (TPSA) is 95.9 Å². The van der Waals surface area contributed by atoms with Crippen LogP contribution in [-0.2, 0) is 14.3 Å². The number of aliphatic hydroxyl groups is 2. The third-order valence-corrected chi connectivity index (χ3v) is 14.1. The van der Waals surface area contributed by atoms with Gasteiger partial charge in [0.15, 0.2) is 0 Å². The second-order valence-electron chi connectivity index (χ2n) is 20.7. The highest BCUT2D eigenvalue weighted by Crippen LogP contribution is 2.18. The van der Waals surface area contributed by atoms with Crippen LogP contribution in [0, 0.1) is 0 Å². The van der Waals surface area contributed by atoms with Crippen molar-refractivity contribution in [1.29, 1.82) is 0 Å². The molecule has 6 nitrogen and oxygen atoms in total. The molecule has 0 saturated heterocycles. The molecule has 0 aliphatic rings. The number of hydrogen-bond acceptors (Lipinski definition) is 5. The summed E-state index contributed by atoms with van der Waals surface area (Å²) in [6.45, 7) is 4.95. The Morgan fingerprint density at radius 2 is 0.712 bits per heavy atom. The van der Waals surface area contributed by atoms with Gasteiger partial charge in [0.1, 0.15) is 0 Å². The van der Waals surface area contributed by atoms with Crippen molar-refractivity contribution < 1.29 is 24.5 Å². The summed E-state index contributed by atoms with van der Waals surface area (Å²) in [5.74, 6) is -0.0476. The first-order valence-electron chi connectivity index (χ1n) is 29.9. The van der Waals surface area contributed by atoms with E-state index in [-0.39, 0.29) is 18.5 Å². The van der Waals surface area contributed by atoms with E-state index in [0.29, 0.717) is 25.9 Å². The minimum Gasteiger partial charge on any atom is -0.466 e. The lowest BCUT2D eigenvalue weighted by atomic mass is 10.0. The number of hydrogen-bond donors (Lipinski definition) is 3. The van der Waals surface area contributed by atoms with Crippen molar-refractivity contribution in [1.82, 2.24) is 5.32 Å². The molecule has 2 unspecified atom stereocenters. The molecule has 0 fully saturated rings. The fourth-order valence-electron chi connectivity index (χ4n) is 9.46. The number of ether oxygens (including phenoxy) is 1. The van der Waals surface area contributed by atoms with Gasteiger partial charge >= 0.3 is 5.97 Å². The summed E-state index contributed by atoms with van der Waals surface area (Å²) in [7, 11) is 0. The maximum absolute atomic E-state index is 12.5. The largest absolute Gasteiger partial charge is 0.466 e. The van der Waals surface area contributed by atoms with Crippen molar-refractivity contribution in [2.75, 3.05) is 13.2 Å². The van der Waals surface area contributed by atoms with Crippen LogP contribution in [0.4, 0.5) is 0 Å². The molecular formula is C60H117NO5. The van der Waals surface area contributed by atoms with Crippen molar-refractivity contribution >= 4 is 11.9 Å². The average Bonchev–Trinajstić information content (AvgIpc) is 3.32. The van der Waals surface area contributed by atoms with Gasteiger partial charge in [0.25, 0.3) is 0 Å². The van der Waals surface area contributed by atoms with E-state index in [0.717, 1.165) is 64.2 Å². The summed E-state index contributed by atoms with van der Waals surface area (Å²) < 4.78 is 5.49. The summed E-state index contributed by atoms with van der Waals surface area (Å²) in [5, 5.41) is 23.2. The maximum atomic E-state index is 12.5. The normalized spacial score (nSPS) is 12.6. The predicted molar refractivity (Wildman–Crippen MR) is 287 cm³/mol. The van der Waals surface area contributed by atoms with Gasteiger partial charge in [0, 0.05) is 12.8 Å². The van der Waals surface area contributed by atoms with Crippen LogP contribution in [0.3, 0.4) is 0 Å². The molecule has 0 bridgehead atoms. The van der Waals surface area contributed by atoms with Gasteiger partial charge < -0.3 is 20.3 Å². The Morgan fingerprint density at radius 3 is 1.08 bits per heavy atom. The monoisotopic (exact) mass is 932 g/mol. The van der Waals surface area contributed by atoms with Gasteiger partial charge in [-0.1, -0.05) is 283 Å². The molecule has 0 radical (unpaired) electrons. The first kappa shape index (κ1) is 64.6. The standard InChI is InChI=1S/C60H117NO5/c1-3-5-7-9-11-13-15-17-19-20-21-22-26-30-34-38-42-46-50-54-60(65)66-55-51-47-43-39-35-31-27-24-23-25-29-33-37-41-45-49-53-59(64)61-57(56-62)58(63)52-48-44-40-36-32-28-18-16-14-12-10-8-6-4-2/h23,25,57-58,62-63H,3-22,24,26-56H2,1-2H3,(H,61,64)/b25-23-. The molecule has 0 saturated carbocycles. The molecule has 3 N–H and O–H groups in total. The molecule has 0 aromatic heterocycles. The molecule has 392 valence electrons. The van der Waals surface area contributed by atoms with E-state index >= 15 is 0 Å². The smallest absolute Gasteiger partial charge is 0.305 e. The molecule has 0 aromatic carbocycles. The van der Waals surface area contributed by atoms with Crippen LogP contribution in [0.5, 0.6) is 0 Å². The van der Waals surface area contributed by atoms with Crippen molar-refractivity contribution in [3.8, 4) is 0 Å². The Balaban J connectivity index is 3.42. The zero-order valence-corrected chi connectivity index (χ0v) is 44.7. The Labute approximate surface area is 412 Å². The van der Waals surface area contributed by atoms with Gasteiger partial charge in [-0.2, -0.15) is 0 Å². The third kappa shape index (κ3) is 52.0. The third-order valence-electron chi connectivity index (χ3n) is 14.1. The highest BCUT2D eigenvalue weighted by atomic mass is 16.5.